The molecule has 0 aliphatic carbocycles. The smallest absolute Gasteiger partial charge is 0.264 e. The molecule has 2 aromatic rings. The monoisotopic (exact) mass is 294 g/mol. The van der Waals surface area contributed by atoms with Gasteiger partial charge in [-0.15, -0.1) is 0 Å². The zero-order chi connectivity index (χ0) is 15.7. The van der Waals surface area contributed by atoms with Gasteiger partial charge >= 0.3 is 0 Å². The SMILES string of the molecule is CCc1cccc(CC)c1N1C(=O)c2ccccc2C1=NO. The molecule has 0 atom stereocenters. The van der Waals surface area contributed by atoms with Crippen LogP contribution in [-0.2, 0) is 12.8 Å². The number of fused-ring (bicyclic) bond motifs is 1. The number of benzene rings is 2. The van der Waals surface area contributed by atoms with Gasteiger partial charge in [0.15, 0.2) is 5.84 Å². The van der Waals surface area contributed by atoms with Gasteiger partial charge in [0.25, 0.3) is 5.91 Å². The summed E-state index contributed by atoms with van der Waals surface area (Å²) in [6.45, 7) is 4.11. The second-order valence-electron chi connectivity index (χ2n) is 5.24. The fourth-order valence-corrected chi connectivity index (χ4v) is 3.01. The van der Waals surface area contributed by atoms with Crippen LogP contribution in [0.4, 0.5) is 5.69 Å². The van der Waals surface area contributed by atoms with Crippen molar-refractivity contribution in [1.82, 2.24) is 0 Å². The highest BCUT2D eigenvalue weighted by molar-refractivity contribution is 6.36. The van der Waals surface area contributed by atoms with Crippen LogP contribution in [-0.4, -0.2) is 17.0 Å². The maximum atomic E-state index is 12.8. The Balaban J connectivity index is 2.24. The van der Waals surface area contributed by atoms with Gasteiger partial charge in [0.2, 0.25) is 0 Å². The molecule has 1 N–H and O–H groups in total. The van der Waals surface area contributed by atoms with Crippen molar-refractivity contribution in [1.29, 1.82) is 0 Å². The first-order valence-corrected chi connectivity index (χ1v) is 7.49. The normalized spacial score (nSPS) is 15.5. The molecule has 1 aliphatic rings. The molecule has 3 rings (SSSR count). The summed E-state index contributed by atoms with van der Waals surface area (Å²) in [7, 11) is 0. The highest BCUT2D eigenvalue weighted by Gasteiger charge is 2.36. The molecule has 0 bridgehead atoms. The van der Waals surface area contributed by atoms with Gasteiger partial charge in [-0.05, 0) is 30.0 Å². The van der Waals surface area contributed by atoms with Gasteiger partial charge in [-0.25, -0.2) is 0 Å². The molecule has 0 spiro atoms. The molecule has 0 fully saturated rings. The number of nitrogens with zero attached hydrogens (tertiary/aromatic N) is 2. The first-order valence-electron chi connectivity index (χ1n) is 7.49. The molecule has 22 heavy (non-hydrogen) atoms. The molecule has 0 saturated carbocycles. The van der Waals surface area contributed by atoms with Crippen molar-refractivity contribution < 1.29 is 10.0 Å². The summed E-state index contributed by atoms with van der Waals surface area (Å²) in [5.41, 5.74) is 4.23. The van der Waals surface area contributed by atoms with Gasteiger partial charge in [-0.3, -0.25) is 9.69 Å². The molecule has 1 amide bonds. The predicted molar refractivity (Wildman–Crippen MR) is 86.8 cm³/mol. The lowest BCUT2D eigenvalue weighted by Crippen LogP contribution is -2.32. The van der Waals surface area contributed by atoms with Crippen LogP contribution in [0.15, 0.2) is 47.6 Å². The summed E-state index contributed by atoms with van der Waals surface area (Å²) in [6, 6.07) is 13.3. The number of rotatable bonds is 3. The number of carbonyl (C=O) groups excluding carboxylic acids is 1. The van der Waals surface area contributed by atoms with Crippen LogP contribution in [0.3, 0.4) is 0 Å². The third-order valence-electron chi connectivity index (χ3n) is 4.10. The maximum Gasteiger partial charge on any atom is 0.264 e. The van der Waals surface area contributed by atoms with Crippen molar-refractivity contribution in [2.45, 2.75) is 26.7 Å². The first kappa shape index (κ1) is 14.3. The number of amidine groups is 1. The van der Waals surface area contributed by atoms with Crippen molar-refractivity contribution in [3.05, 3.63) is 64.7 Å². The molecule has 4 nitrogen and oxygen atoms in total. The minimum absolute atomic E-state index is 0.140. The Morgan fingerprint density at radius 3 is 2.09 bits per heavy atom. The maximum absolute atomic E-state index is 12.8. The van der Waals surface area contributed by atoms with E-state index in [0.717, 1.165) is 29.7 Å². The van der Waals surface area contributed by atoms with Crippen molar-refractivity contribution >= 4 is 17.4 Å². The lowest BCUT2D eigenvalue weighted by molar-refractivity contribution is 0.101. The molecule has 0 aromatic heterocycles. The molecule has 1 heterocycles. The Morgan fingerprint density at radius 1 is 0.955 bits per heavy atom. The first-order chi connectivity index (χ1) is 10.7. The number of hydrogen-bond donors (Lipinski definition) is 1. The largest absolute Gasteiger partial charge is 0.409 e. The Hall–Kier alpha value is -2.62. The van der Waals surface area contributed by atoms with Crippen molar-refractivity contribution in [2.75, 3.05) is 4.90 Å². The third kappa shape index (κ3) is 1.99. The second kappa shape index (κ2) is 5.64. The fraction of sp³-hybridized carbons (Fsp3) is 0.222. The van der Waals surface area contributed by atoms with Crippen molar-refractivity contribution in [3.63, 3.8) is 0 Å². The van der Waals surface area contributed by atoms with E-state index >= 15 is 0 Å². The van der Waals surface area contributed by atoms with Crippen molar-refractivity contribution in [3.8, 4) is 0 Å². The molecule has 0 unspecified atom stereocenters. The Kier molecular flexibility index (Phi) is 3.67. The average molecular weight is 294 g/mol. The molecular formula is C18H18N2O2. The zero-order valence-electron chi connectivity index (χ0n) is 12.7. The van der Waals surface area contributed by atoms with Crippen LogP contribution in [0.25, 0.3) is 0 Å². The number of oxime groups is 1. The van der Waals surface area contributed by atoms with E-state index in [9.17, 15) is 10.0 Å². The van der Waals surface area contributed by atoms with Crippen LogP contribution in [0.5, 0.6) is 0 Å². The summed E-state index contributed by atoms with van der Waals surface area (Å²) in [6.07, 6.45) is 1.62. The fourth-order valence-electron chi connectivity index (χ4n) is 3.01. The highest BCUT2D eigenvalue weighted by atomic mass is 16.4. The molecule has 0 saturated heterocycles. The van der Waals surface area contributed by atoms with Gasteiger partial charge in [-0.1, -0.05) is 55.4 Å². The van der Waals surface area contributed by atoms with E-state index in [1.54, 1.807) is 11.0 Å². The Labute approximate surface area is 129 Å². The van der Waals surface area contributed by atoms with Gasteiger partial charge in [-0.2, -0.15) is 0 Å². The average Bonchev–Trinajstić information content (AvgIpc) is 2.86. The number of carbonyl (C=O) groups is 1. The van der Waals surface area contributed by atoms with Crippen LogP contribution in [0.1, 0.15) is 40.9 Å². The summed E-state index contributed by atoms with van der Waals surface area (Å²) in [5, 5.41) is 12.9. The number of hydrogen-bond acceptors (Lipinski definition) is 3. The van der Waals surface area contributed by atoms with Crippen LogP contribution >= 0.6 is 0 Å². The quantitative estimate of drug-likeness (QED) is 0.694. The van der Waals surface area contributed by atoms with Crippen LogP contribution < -0.4 is 4.90 Å². The highest BCUT2D eigenvalue weighted by Crippen LogP contribution is 2.34. The number of amides is 1. The lowest BCUT2D eigenvalue weighted by Gasteiger charge is -2.22. The second-order valence-corrected chi connectivity index (χ2v) is 5.24. The summed E-state index contributed by atoms with van der Waals surface area (Å²) in [5.74, 6) is 0.162. The van der Waals surface area contributed by atoms with E-state index in [1.807, 2.05) is 36.4 Å². The van der Waals surface area contributed by atoms with E-state index in [0.29, 0.717) is 17.0 Å². The van der Waals surface area contributed by atoms with Gasteiger partial charge in [0.05, 0.1) is 11.3 Å². The molecule has 4 heteroatoms. The Bertz CT molecular complexity index is 743. The van der Waals surface area contributed by atoms with Gasteiger partial charge < -0.3 is 5.21 Å². The number of aryl methyl sites for hydroxylation is 2. The summed E-state index contributed by atoms with van der Waals surface area (Å²) < 4.78 is 0. The van der Waals surface area contributed by atoms with Gasteiger partial charge in [0.1, 0.15) is 0 Å². The minimum Gasteiger partial charge on any atom is -0.409 e. The van der Waals surface area contributed by atoms with E-state index in [2.05, 4.69) is 19.0 Å². The Morgan fingerprint density at radius 2 is 1.55 bits per heavy atom. The molecule has 2 aromatic carbocycles. The predicted octanol–water partition coefficient (Wildman–Crippen LogP) is 3.61. The minimum atomic E-state index is -0.140. The van der Waals surface area contributed by atoms with Crippen molar-refractivity contribution in [2.24, 2.45) is 5.16 Å². The zero-order valence-corrected chi connectivity index (χ0v) is 12.7. The van der Waals surface area contributed by atoms with Gasteiger partial charge in [0, 0.05) is 5.56 Å². The number of anilines is 1. The molecular weight excluding hydrogens is 276 g/mol. The number of para-hydroxylation sites is 1. The lowest BCUT2D eigenvalue weighted by atomic mass is 10.0. The molecule has 112 valence electrons. The summed E-state index contributed by atoms with van der Waals surface area (Å²) >= 11 is 0. The molecule has 0 radical (unpaired) electrons. The third-order valence-corrected chi connectivity index (χ3v) is 4.10. The van der Waals surface area contributed by atoms with E-state index in [4.69, 9.17) is 0 Å². The topological polar surface area (TPSA) is 52.9 Å². The van der Waals surface area contributed by atoms with E-state index in [1.165, 1.54) is 0 Å². The summed E-state index contributed by atoms with van der Waals surface area (Å²) in [4.78, 5) is 14.4. The molecule has 1 aliphatic heterocycles. The standard InChI is InChI=1S/C18H18N2O2/c1-3-12-8-7-9-13(4-2)16(12)20-17(19-22)14-10-5-6-11-15(14)18(20)21/h5-11,22H,3-4H2,1-2H3. The van der Waals surface area contributed by atoms with E-state index in [-0.39, 0.29) is 5.91 Å². The van der Waals surface area contributed by atoms with E-state index < -0.39 is 0 Å². The van der Waals surface area contributed by atoms with Crippen LogP contribution in [0, 0.1) is 0 Å². The van der Waals surface area contributed by atoms with Crippen LogP contribution in [0.2, 0.25) is 0 Å².